The Morgan fingerprint density at radius 3 is 2.36 bits per heavy atom. The second kappa shape index (κ2) is 5.48. The van der Waals surface area contributed by atoms with Crippen LogP contribution in [-0.4, -0.2) is 25.3 Å². The van der Waals surface area contributed by atoms with E-state index in [9.17, 15) is 9.59 Å². The molecule has 1 aliphatic carbocycles. The van der Waals surface area contributed by atoms with Gasteiger partial charge in [-0.05, 0) is 6.07 Å². The zero-order valence-corrected chi connectivity index (χ0v) is 12.1. The monoisotopic (exact) mass is 294 g/mol. The molecular formula is C18H14O4. The number of methoxy groups -OCH3 is 1. The fourth-order valence-electron chi connectivity index (χ4n) is 2.54. The van der Waals surface area contributed by atoms with E-state index in [2.05, 4.69) is 6.58 Å². The van der Waals surface area contributed by atoms with Crippen molar-refractivity contribution in [2.75, 3.05) is 13.7 Å². The van der Waals surface area contributed by atoms with E-state index in [4.69, 9.17) is 9.47 Å². The van der Waals surface area contributed by atoms with Gasteiger partial charge < -0.3 is 9.47 Å². The van der Waals surface area contributed by atoms with Crippen LogP contribution >= 0.6 is 0 Å². The van der Waals surface area contributed by atoms with Crippen molar-refractivity contribution < 1.29 is 19.1 Å². The van der Waals surface area contributed by atoms with Crippen molar-refractivity contribution in [1.82, 2.24) is 0 Å². The third kappa shape index (κ3) is 2.09. The standard InChI is InChI=1S/C18H14O4/c1-3-8-22-15-10-11(21-2)9-14-16(15)18(20)13-7-5-4-6-12(13)17(14)19/h3-7,9-10H,1,8H2,2H3. The third-order valence-corrected chi connectivity index (χ3v) is 3.56. The molecule has 0 N–H and O–H groups in total. The van der Waals surface area contributed by atoms with Crippen LogP contribution in [-0.2, 0) is 0 Å². The molecule has 2 aromatic carbocycles. The molecule has 2 aromatic rings. The molecular weight excluding hydrogens is 280 g/mol. The fourth-order valence-corrected chi connectivity index (χ4v) is 2.54. The molecule has 22 heavy (non-hydrogen) atoms. The molecule has 1 aliphatic rings. The summed E-state index contributed by atoms with van der Waals surface area (Å²) in [4.78, 5) is 25.4. The van der Waals surface area contributed by atoms with Crippen molar-refractivity contribution >= 4 is 11.6 Å². The van der Waals surface area contributed by atoms with Crippen LogP contribution in [0.25, 0.3) is 0 Å². The Morgan fingerprint density at radius 2 is 1.73 bits per heavy atom. The molecule has 0 radical (unpaired) electrons. The Hall–Kier alpha value is -2.88. The van der Waals surface area contributed by atoms with Gasteiger partial charge in [-0.1, -0.05) is 36.9 Å². The summed E-state index contributed by atoms with van der Waals surface area (Å²) in [6.45, 7) is 3.83. The van der Waals surface area contributed by atoms with Gasteiger partial charge in [0.2, 0.25) is 0 Å². The SMILES string of the molecule is C=CCOc1cc(OC)cc2c1C(=O)c1ccccc1C2=O. The van der Waals surface area contributed by atoms with Gasteiger partial charge in [0.15, 0.2) is 11.6 Å². The number of fused-ring (bicyclic) bond motifs is 2. The predicted octanol–water partition coefficient (Wildman–Crippen LogP) is 3.04. The van der Waals surface area contributed by atoms with Gasteiger partial charge >= 0.3 is 0 Å². The average molecular weight is 294 g/mol. The highest BCUT2D eigenvalue weighted by molar-refractivity contribution is 6.29. The summed E-state index contributed by atoms with van der Waals surface area (Å²) in [7, 11) is 1.50. The number of ether oxygens (including phenoxy) is 2. The van der Waals surface area contributed by atoms with Crippen LogP contribution < -0.4 is 9.47 Å². The van der Waals surface area contributed by atoms with Crippen LogP contribution in [0.5, 0.6) is 11.5 Å². The fraction of sp³-hybridized carbons (Fsp3) is 0.111. The molecule has 0 bridgehead atoms. The van der Waals surface area contributed by atoms with Crippen LogP contribution in [0.3, 0.4) is 0 Å². The maximum Gasteiger partial charge on any atom is 0.198 e. The number of ketones is 2. The molecule has 0 unspecified atom stereocenters. The normalized spacial score (nSPS) is 12.4. The lowest BCUT2D eigenvalue weighted by Gasteiger charge is -2.20. The highest BCUT2D eigenvalue weighted by Gasteiger charge is 2.32. The van der Waals surface area contributed by atoms with E-state index in [-0.39, 0.29) is 23.7 Å². The van der Waals surface area contributed by atoms with Crippen LogP contribution in [0, 0.1) is 0 Å². The van der Waals surface area contributed by atoms with Gasteiger partial charge in [0, 0.05) is 22.8 Å². The lowest BCUT2D eigenvalue weighted by Crippen LogP contribution is -2.22. The van der Waals surface area contributed by atoms with Crippen LogP contribution in [0.4, 0.5) is 0 Å². The molecule has 0 heterocycles. The number of hydrogen-bond acceptors (Lipinski definition) is 4. The minimum absolute atomic E-state index is 0.201. The lowest BCUT2D eigenvalue weighted by atomic mass is 9.83. The zero-order valence-electron chi connectivity index (χ0n) is 12.1. The summed E-state index contributed by atoms with van der Waals surface area (Å²) in [5.41, 5.74) is 1.39. The Balaban J connectivity index is 2.24. The molecule has 0 saturated carbocycles. The van der Waals surface area contributed by atoms with Crippen LogP contribution in [0.15, 0.2) is 49.1 Å². The van der Waals surface area contributed by atoms with Crippen molar-refractivity contribution in [3.05, 3.63) is 71.3 Å². The summed E-state index contributed by atoms with van der Waals surface area (Å²) in [6.07, 6.45) is 1.58. The molecule has 0 saturated heterocycles. The molecule has 0 atom stereocenters. The van der Waals surface area contributed by atoms with E-state index in [0.717, 1.165) is 0 Å². The first-order valence-electron chi connectivity index (χ1n) is 6.81. The molecule has 0 spiro atoms. The molecule has 4 heteroatoms. The second-order valence-electron chi connectivity index (χ2n) is 4.85. The summed E-state index contributed by atoms with van der Waals surface area (Å²) < 4.78 is 10.8. The Kier molecular flexibility index (Phi) is 3.51. The second-order valence-corrected chi connectivity index (χ2v) is 4.85. The Labute approximate surface area is 128 Å². The predicted molar refractivity (Wildman–Crippen MR) is 82.0 cm³/mol. The first-order valence-corrected chi connectivity index (χ1v) is 6.81. The van der Waals surface area contributed by atoms with Crippen molar-refractivity contribution in [3.8, 4) is 11.5 Å². The van der Waals surface area contributed by atoms with Gasteiger partial charge in [-0.15, -0.1) is 0 Å². The van der Waals surface area contributed by atoms with E-state index in [1.807, 2.05) is 0 Å². The smallest absolute Gasteiger partial charge is 0.198 e. The minimum Gasteiger partial charge on any atom is -0.497 e. The van der Waals surface area contributed by atoms with Crippen molar-refractivity contribution in [2.24, 2.45) is 0 Å². The van der Waals surface area contributed by atoms with E-state index in [1.54, 1.807) is 42.5 Å². The number of benzene rings is 2. The summed E-state index contributed by atoms with van der Waals surface area (Å²) in [6, 6.07) is 9.98. The van der Waals surface area contributed by atoms with E-state index in [1.165, 1.54) is 7.11 Å². The van der Waals surface area contributed by atoms with Gasteiger partial charge in [-0.3, -0.25) is 9.59 Å². The first kappa shape index (κ1) is 14.1. The van der Waals surface area contributed by atoms with E-state index >= 15 is 0 Å². The van der Waals surface area contributed by atoms with Gasteiger partial charge in [-0.25, -0.2) is 0 Å². The largest absolute Gasteiger partial charge is 0.497 e. The third-order valence-electron chi connectivity index (χ3n) is 3.56. The molecule has 0 aliphatic heterocycles. The number of carbonyl (C=O) groups is 2. The molecule has 0 amide bonds. The maximum atomic E-state index is 12.7. The quantitative estimate of drug-likeness (QED) is 0.694. The van der Waals surface area contributed by atoms with Gasteiger partial charge in [0.25, 0.3) is 0 Å². The molecule has 4 nitrogen and oxygen atoms in total. The van der Waals surface area contributed by atoms with Crippen molar-refractivity contribution in [2.45, 2.75) is 0 Å². The van der Waals surface area contributed by atoms with E-state index < -0.39 is 0 Å². The first-order chi connectivity index (χ1) is 10.7. The highest BCUT2D eigenvalue weighted by Crippen LogP contribution is 2.36. The van der Waals surface area contributed by atoms with Gasteiger partial charge in [0.05, 0.1) is 12.7 Å². The van der Waals surface area contributed by atoms with Crippen LogP contribution in [0.1, 0.15) is 31.8 Å². The number of carbonyl (C=O) groups excluding carboxylic acids is 2. The van der Waals surface area contributed by atoms with E-state index in [0.29, 0.717) is 28.2 Å². The summed E-state index contributed by atoms with van der Waals surface area (Å²) in [5, 5.41) is 0. The summed E-state index contributed by atoms with van der Waals surface area (Å²) >= 11 is 0. The number of hydrogen-bond donors (Lipinski definition) is 0. The van der Waals surface area contributed by atoms with Crippen molar-refractivity contribution in [3.63, 3.8) is 0 Å². The zero-order chi connectivity index (χ0) is 15.7. The highest BCUT2D eigenvalue weighted by atomic mass is 16.5. The van der Waals surface area contributed by atoms with Gasteiger partial charge in [0.1, 0.15) is 18.1 Å². The molecule has 0 aromatic heterocycles. The number of rotatable bonds is 4. The van der Waals surface area contributed by atoms with Gasteiger partial charge in [-0.2, -0.15) is 0 Å². The maximum absolute atomic E-state index is 12.7. The average Bonchev–Trinajstić information content (AvgIpc) is 2.57. The van der Waals surface area contributed by atoms with Crippen molar-refractivity contribution in [1.29, 1.82) is 0 Å². The summed E-state index contributed by atoms with van der Waals surface area (Å²) in [5.74, 6) is 0.389. The Bertz CT molecular complexity index is 790. The Morgan fingerprint density at radius 1 is 1.05 bits per heavy atom. The topological polar surface area (TPSA) is 52.6 Å². The van der Waals surface area contributed by atoms with Crippen LogP contribution in [0.2, 0.25) is 0 Å². The molecule has 110 valence electrons. The minimum atomic E-state index is -0.216. The molecule has 3 rings (SSSR count). The molecule has 0 fully saturated rings. The lowest BCUT2D eigenvalue weighted by molar-refractivity contribution is 0.0975.